The molecule has 0 aliphatic heterocycles. The lowest BCUT2D eigenvalue weighted by atomic mass is 10.0. The SMILES string of the molecule is CCOc1ccc(CCC(=O)Oc2ccc(/C=C(\C#N)c3ccc(Cl)cc3)cc2OC)cc1OC. The van der Waals surface area contributed by atoms with Crippen molar-refractivity contribution in [2.24, 2.45) is 0 Å². The van der Waals surface area contributed by atoms with Gasteiger partial charge in [0.15, 0.2) is 23.0 Å². The molecule has 0 heterocycles. The monoisotopic (exact) mass is 491 g/mol. The van der Waals surface area contributed by atoms with E-state index in [1.165, 1.54) is 7.11 Å². The van der Waals surface area contributed by atoms with Crippen molar-refractivity contribution in [3.63, 3.8) is 0 Å². The van der Waals surface area contributed by atoms with Gasteiger partial charge in [-0.1, -0.05) is 35.9 Å². The van der Waals surface area contributed by atoms with Crippen LogP contribution in [0.15, 0.2) is 60.7 Å². The number of hydrogen-bond acceptors (Lipinski definition) is 6. The molecule has 35 heavy (non-hydrogen) atoms. The molecule has 0 radical (unpaired) electrons. The van der Waals surface area contributed by atoms with Gasteiger partial charge in [0.05, 0.1) is 32.5 Å². The van der Waals surface area contributed by atoms with E-state index in [1.54, 1.807) is 55.7 Å². The van der Waals surface area contributed by atoms with E-state index in [0.29, 0.717) is 46.6 Å². The summed E-state index contributed by atoms with van der Waals surface area (Å²) in [5.74, 6) is 1.60. The largest absolute Gasteiger partial charge is 0.493 e. The third kappa shape index (κ3) is 7.02. The molecule has 0 fully saturated rings. The fraction of sp³-hybridized carbons (Fsp3) is 0.214. The zero-order chi connectivity index (χ0) is 25.2. The Kier molecular flexibility index (Phi) is 9.16. The number of halogens is 1. The lowest BCUT2D eigenvalue weighted by Gasteiger charge is -2.12. The standard InChI is InChI=1S/C28H26ClNO5/c1-4-34-24-12-5-19(16-26(24)32-2)7-14-28(31)35-25-13-6-20(17-27(25)33-3)15-22(18-30)21-8-10-23(29)11-9-21/h5-6,8-13,15-17H,4,7,14H2,1-3H3/b22-15+. The highest BCUT2D eigenvalue weighted by molar-refractivity contribution is 6.30. The lowest BCUT2D eigenvalue weighted by molar-refractivity contribution is -0.134. The summed E-state index contributed by atoms with van der Waals surface area (Å²) in [7, 11) is 3.08. The average molecular weight is 492 g/mol. The van der Waals surface area contributed by atoms with Crippen molar-refractivity contribution >= 4 is 29.2 Å². The Morgan fingerprint density at radius 1 is 0.943 bits per heavy atom. The normalized spacial score (nSPS) is 10.9. The molecule has 0 spiro atoms. The second-order valence-corrected chi connectivity index (χ2v) is 7.92. The molecule has 3 rings (SSSR count). The van der Waals surface area contributed by atoms with Gasteiger partial charge >= 0.3 is 5.97 Å². The first kappa shape index (κ1) is 25.7. The molecule has 180 valence electrons. The van der Waals surface area contributed by atoms with E-state index in [4.69, 9.17) is 30.5 Å². The molecular formula is C28H26ClNO5. The van der Waals surface area contributed by atoms with Gasteiger partial charge in [-0.2, -0.15) is 5.26 Å². The maximum absolute atomic E-state index is 12.5. The highest BCUT2D eigenvalue weighted by atomic mass is 35.5. The summed E-state index contributed by atoms with van der Waals surface area (Å²) in [6.45, 7) is 2.44. The number of hydrogen-bond donors (Lipinski definition) is 0. The van der Waals surface area contributed by atoms with E-state index in [1.807, 2.05) is 25.1 Å². The molecular weight excluding hydrogens is 466 g/mol. The second-order valence-electron chi connectivity index (χ2n) is 7.48. The number of aryl methyl sites for hydroxylation is 1. The molecule has 0 amide bonds. The topological polar surface area (TPSA) is 77.8 Å². The quantitative estimate of drug-likeness (QED) is 0.142. The molecule has 0 aliphatic carbocycles. The Bertz CT molecular complexity index is 1250. The molecule has 0 N–H and O–H groups in total. The van der Waals surface area contributed by atoms with Crippen molar-refractivity contribution in [3.8, 4) is 29.1 Å². The zero-order valence-corrected chi connectivity index (χ0v) is 20.6. The highest BCUT2D eigenvalue weighted by Crippen LogP contribution is 2.31. The number of nitriles is 1. The number of benzene rings is 3. The summed E-state index contributed by atoms with van der Waals surface area (Å²) in [5, 5.41) is 10.2. The van der Waals surface area contributed by atoms with Crippen molar-refractivity contribution in [1.29, 1.82) is 5.26 Å². The Morgan fingerprint density at radius 3 is 2.29 bits per heavy atom. The summed E-state index contributed by atoms with van der Waals surface area (Å²) in [6, 6.07) is 19.9. The van der Waals surface area contributed by atoms with Crippen LogP contribution in [0, 0.1) is 11.3 Å². The van der Waals surface area contributed by atoms with Crippen LogP contribution in [0.1, 0.15) is 30.0 Å². The summed E-state index contributed by atoms with van der Waals surface area (Å²) in [4.78, 5) is 12.5. The number of rotatable bonds is 10. The first-order valence-electron chi connectivity index (χ1n) is 11.0. The van der Waals surface area contributed by atoms with Gasteiger partial charge in [-0.05, 0) is 72.5 Å². The molecule has 7 heteroatoms. The van der Waals surface area contributed by atoms with Crippen LogP contribution in [-0.4, -0.2) is 26.8 Å². The van der Waals surface area contributed by atoms with Gasteiger partial charge in [0.2, 0.25) is 0 Å². The molecule has 0 atom stereocenters. The van der Waals surface area contributed by atoms with Crippen molar-refractivity contribution in [2.75, 3.05) is 20.8 Å². The smallest absolute Gasteiger partial charge is 0.311 e. The Balaban J connectivity index is 1.69. The fourth-order valence-corrected chi connectivity index (χ4v) is 3.52. The number of carbonyl (C=O) groups is 1. The molecule has 0 bridgehead atoms. The van der Waals surface area contributed by atoms with Crippen molar-refractivity contribution in [3.05, 3.63) is 82.4 Å². The molecule has 0 saturated heterocycles. The van der Waals surface area contributed by atoms with Gasteiger partial charge < -0.3 is 18.9 Å². The molecule has 0 unspecified atom stereocenters. The Labute approximate surface area is 210 Å². The predicted octanol–water partition coefficient (Wildman–Crippen LogP) is 6.36. The van der Waals surface area contributed by atoms with Gasteiger partial charge in [-0.3, -0.25) is 4.79 Å². The second kappa shape index (κ2) is 12.5. The van der Waals surface area contributed by atoms with Gasteiger partial charge in [-0.25, -0.2) is 0 Å². The first-order chi connectivity index (χ1) is 17.0. The van der Waals surface area contributed by atoms with Gasteiger partial charge in [-0.15, -0.1) is 0 Å². The molecule has 6 nitrogen and oxygen atoms in total. The maximum atomic E-state index is 12.5. The van der Waals surface area contributed by atoms with Crippen LogP contribution in [0.3, 0.4) is 0 Å². The number of methoxy groups -OCH3 is 2. The molecule has 3 aromatic rings. The minimum Gasteiger partial charge on any atom is -0.493 e. The maximum Gasteiger partial charge on any atom is 0.311 e. The molecule has 3 aromatic carbocycles. The van der Waals surface area contributed by atoms with Crippen LogP contribution in [-0.2, 0) is 11.2 Å². The van der Waals surface area contributed by atoms with Crippen LogP contribution in [0.2, 0.25) is 5.02 Å². The van der Waals surface area contributed by atoms with Crippen LogP contribution in [0.4, 0.5) is 0 Å². The lowest BCUT2D eigenvalue weighted by Crippen LogP contribution is -2.10. The third-order valence-corrected chi connectivity index (χ3v) is 5.40. The molecule has 0 aliphatic rings. The average Bonchev–Trinajstić information content (AvgIpc) is 2.88. The van der Waals surface area contributed by atoms with Crippen LogP contribution in [0.5, 0.6) is 23.0 Å². The predicted molar refractivity (Wildman–Crippen MR) is 136 cm³/mol. The summed E-state index contributed by atoms with van der Waals surface area (Å²) in [5.41, 5.74) is 2.88. The highest BCUT2D eigenvalue weighted by Gasteiger charge is 2.13. The van der Waals surface area contributed by atoms with Gasteiger partial charge in [0, 0.05) is 11.4 Å². The first-order valence-corrected chi connectivity index (χ1v) is 11.4. The molecule has 0 saturated carbocycles. The van der Waals surface area contributed by atoms with Crippen molar-refractivity contribution in [1.82, 2.24) is 0 Å². The summed E-state index contributed by atoms with van der Waals surface area (Å²) in [6.07, 6.45) is 2.39. The minimum atomic E-state index is -0.390. The number of esters is 1. The van der Waals surface area contributed by atoms with E-state index in [2.05, 4.69) is 6.07 Å². The van der Waals surface area contributed by atoms with E-state index >= 15 is 0 Å². The number of ether oxygens (including phenoxy) is 4. The zero-order valence-electron chi connectivity index (χ0n) is 19.8. The van der Waals surface area contributed by atoms with E-state index in [-0.39, 0.29) is 6.42 Å². The van der Waals surface area contributed by atoms with Crippen LogP contribution < -0.4 is 18.9 Å². The summed E-state index contributed by atoms with van der Waals surface area (Å²) < 4.78 is 21.8. The fourth-order valence-electron chi connectivity index (χ4n) is 3.40. The van der Waals surface area contributed by atoms with Gasteiger partial charge in [0.1, 0.15) is 0 Å². The number of carbonyl (C=O) groups excluding carboxylic acids is 1. The third-order valence-electron chi connectivity index (χ3n) is 5.14. The van der Waals surface area contributed by atoms with Crippen LogP contribution >= 0.6 is 11.6 Å². The van der Waals surface area contributed by atoms with Crippen LogP contribution in [0.25, 0.3) is 11.6 Å². The Hall–Kier alpha value is -3.95. The van der Waals surface area contributed by atoms with Crippen molar-refractivity contribution in [2.45, 2.75) is 19.8 Å². The minimum absolute atomic E-state index is 0.178. The number of nitrogens with zero attached hydrogens (tertiary/aromatic N) is 1. The van der Waals surface area contributed by atoms with E-state index in [9.17, 15) is 10.1 Å². The van der Waals surface area contributed by atoms with E-state index in [0.717, 1.165) is 16.7 Å². The summed E-state index contributed by atoms with van der Waals surface area (Å²) >= 11 is 5.94. The molecule has 0 aromatic heterocycles. The Morgan fingerprint density at radius 2 is 1.63 bits per heavy atom. The van der Waals surface area contributed by atoms with Crippen molar-refractivity contribution < 1.29 is 23.7 Å². The number of allylic oxidation sites excluding steroid dienone is 1. The van der Waals surface area contributed by atoms with Gasteiger partial charge in [0.25, 0.3) is 0 Å². The van der Waals surface area contributed by atoms with E-state index < -0.39 is 5.97 Å².